The maximum Gasteiger partial charge on any atom is 0.227 e. The molecule has 2 heterocycles. The van der Waals surface area contributed by atoms with Gasteiger partial charge in [0, 0.05) is 35.8 Å². The summed E-state index contributed by atoms with van der Waals surface area (Å²) < 4.78 is 6.21. The summed E-state index contributed by atoms with van der Waals surface area (Å²) in [5, 5.41) is 2.14. The molecule has 0 bridgehead atoms. The fourth-order valence-corrected chi connectivity index (χ4v) is 4.26. The molecule has 2 aromatic carbocycles. The lowest BCUT2D eigenvalue weighted by Crippen LogP contribution is -1.94. The molecule has 4 rings (SSSR count). The highest BCUT2D eigenvalue weighted by Crippen LogP contribution is 2.35. The number of hydrogen-bond donors (Lipinski definition) is 0. The Morgan fingerprint density at radius 2 is 1.84 bits per heavy atom. The largest absolute Gasteiger partial charge is 0.437 e. The number of benzene rings is 2. The first-order valence-corrected chi connectivity index (χ1v) is 11.1. The monoisotopic (exact) mass is 422 g/mol. The fourth-order valence-electron chi connectivity index (χ4n) is 4.26. The van der Waals surface area contributed by atoms with Crippen LogP contribution in [0.15, 0.2) is 76.3 Å². The third-order valence-corrected chi connectivity index (χ3v) is 5.73. The van der Waals surface area contributed by atoms with Crippen molar-refractivity contribution in [1.29, 1.82) is 0 Å². The van der Waals surface area contributed by atoms with Gasteiger partial charge in [-0.05, 0) is 72.2 Å². The van der Waals surface area contributed by atoms with Crippen LogP contribution in [0, 0.1) is 12.8 Å². The van der Waals surface area contributed by atoms with E-state index in [4.69, 9.17) is 4.42 Å². The lowest BCUT2D eigenvalue weighted by Gasteiger charge is -2.11. The van der Waals surface area contributed by atoms with Gasteiger partial charge < -0.3 is 4.42 Å². The van der Waals surface area contributed by atoms with Gasteiger partial charge in [-0.3, -0.25) is 4.99 Å². The summed E-state index contributed by atoms with van der Waals surface area (Å²) in [4.78, 5) is 8.59. The van der Waals surface area contributed by atoms with Crippen molar-refractivity contribution in [3.05, 3.63) is 89.1 Å². The number of allylic oxidation sites excluding steroid dienone is 4. The van der Waals surface area contributed by atoms with E-state index in [1.807, 2.05) is 12.3 Å². The molecule has 0 amide bonds. The van der Waals surface area contributed by atoms with Crippen LogP contribution < -0.4 is 0 Å². The average Bonchev–Trinajstić information content (AvgIpc) is 3.15. The molecule has 0 aliphatic rings. The van der Waals surface area contributed by atoms with Crippen molar-refractivity contribution in [2.75, 3.05) is 7.05 Å². The second-order valence-electron chi connectivity index (χ2n) is 8.74. The number of aryl methyl sites for hydroxylation is 1. The Labute approximate surface area is 190 Å². The first-order valence-electron chi connectivity index (χ1n) is 11.1. The van der Waals surface area contributed by atoms with Gasteiger partial charge in [-0.25, -0.2) is 4.98 Å². The van der Waals surface area contributed by atoms with Gasteiger partial charge >= 0.3 is 0 Å². The van der Waals surface area contributed by atoms with E-state index in [9.17, 15) is 0 Å². The maximum absolute atomic E-state index is 6.21. The van der Waals surface area contributed by atoms with Crippen LogP contribution in [0.1, 0.15) is 43.0 Å². The van der Waals surface area contributed by atoms with Crippen LogP contribution in [0.3, 0.4) is 0 Å². The van der Waals surface area contributed by atoms with E-state index < -0.39 is 0 Å². The Morgan fingerprint density at radius 3 is 2.56 bits per heavy atom. The lowest BCUT2D eigenvalue weighted by atomic mass is 9.94. The predicted octanol–water partition coefficient (Wildman–Crippen LogP) is 7.68. The summed E-state index contributed by atoms with van der Waals surface area (Å²) in [6.07, 6.45) is 9.00. The van der Waals surface area contributed by atoms with E-state index in [0.717, 1.165) is 39.5 Å². The summed E-state index contributed by atoms with van der Waals surface area (Å²) in [6.45, 7) is 8.77. The molecule has 0 N–H and O–H groups in total. The van der Waals surface area contributed by atoms with Gasteiger partial charge in [0.15, 0.2) is 0 Å². The lowest BCUT2D eigenvalue weighted by molar-refractivity contribution is 0.647. The highest BCUT2D eigenvalue weighted by Gasteiger charge is 2.15. The third kappa shape index (κ3) is 4.43. The van der Waals surface area contributed by atoms with E-state index in [2.05, 4.69) is 92.3 Å². The summed E-state index contributed by atoms with van der Waals surface area (Å²) in [6, 6.07) is 17.2. The van der Waals surface area contributed by atoms with Gasteiger partial charge in [0.1, 0.15) is 5.58 Å². The minimum Gasteiger partial charge on any atom is -0.437 e. The van der Waals surface area contributed by atoms with Crippen molar-refractivity contribution < 1.29 is 4.42 Å². The number of nitrogens with zero attached hydrogens (tertiary/aromatic N) is 2. The van der Waals surface area contributed by atoms with Crippen LogP contribution in [0.25, 0.3) is 33.2 Å². The van der Waals surface area contributed by atoms with Crippen LogP contribution >= 0.6 is 0 Å². The van der Waals surface area contributed by atoms with E-state index in [-0.39, 0.29) is 0 Å². The zero-order chi connectivity index (χ0) is 22.7. The van der Waals surface area contributed by atoms with Crippen molar-refractivity contribution in [1.82, 2.24) is 4.98 Å². The molecule has 0 aliphatic carbocycles. The maximum atomic E-state index is 6.21. The normalized spacial score (nSPS) is 13.2. The van der Waals surface area contributed by atoms with Gasteiger partial charge in [0.2, 0.25) is 5.71 Å². The van der Waals surface area contributed by atoms with Crippen molar-refractivity contribution in [2.45, 2.75) is 34.1 Å². The predicted molar refractivity (Wildman–Crippen MR) is 137 cm³/mol. The SMILES string of the molecule is C/N=C/C=C(\C=C(/C)c1c(C)ccc2c1oc1ncccc12)c1ccc(CC(C)C)cc1. The molecule has 0 unspecified atom stereocenters. The smallest absolute Gasteiger partial charge is 0.227 e. The number of fused-ring (bicyclic) bond motifs is 3. The Bertz CT molecular complexity index is 1340. The second-order valence-corrected chi connectivity index (χ2v) is 8.74. The van der Waals surface area contributed by atoms with Crippen molar-refractivity contribution in [2.24, 2.45) is 10.9 Å². The fraction of sp³-hybridized carbons (Fsp3) is 0.241. The van der Waals surface area contributed by atoms with E-state index in [0.29, 0.717) is 11.6 Å². The summed E-state index contributed by atoms with van der Waals surface area (Å²) in [5.41, 5.74) is 8.68. The second kappa shape index (κ2) is 9.35. The number of hydrogen-bond acceptors (Lipinski definition) is 3. The number of aliphatic imine (C=N–C) groups is 1. The first kappa shape index (κ1) is 21.8. The number of pyridine rings is 1. The van der Waals surface area contributed by atoms with E-state index in [1.165, 1.54) is 16.7 Å². The third-order valence-electron chi connectivity index (χ3n) is 5.73. The Morgan fingerprint density at radius 1 is 1.06 bits per heavy atom. The molecule has 0 fully saturated rings. The average molecular weight is 423 g/mol. The molecule has 3 heteroatoms. The Balaban J connectivity index is 1.81. The molecule has 0 radical (unpaired) electrons. The molecular weight excluding hydrogens is 392 g/mol. The molecule has 0 atom stereocenters. The molecule has 0 aliphatic heterocycles. The summed E-state index contributed by atoms with van der Waals surface area (Å²) in [5.74, 6) is 0.645. The molecule has 0 saturated carbocycles. The van der Waals surface area contributed by atoms with Gasteiger partial charge in [-0.1, -0.05) is 56.3 Å². The number of furan rings is 1. The van der Waals surface area contributed by atoms with Crippen molar-refractivity contribution in [3.63, 3.8) is 0 Å². The first-order chi connectivity index (χ1) is 15.5. The zero-order valence-electron chi connectivity index (χ0n) is 19.5. The molecule has 0 spiro atoms. The van der Waals surface area contributed by atoms with Gasteiger partial charge in [0.25, 0.3) is 0 Å². The zero-order valence-corrected chi connectivity index (χ0v) is 19.5. The highest BCUT2D eigenvalue weighted by atomic mass is 16.3. The van der Waals surface area contributed by atoms with Gasteiger partial charge in [0.05, 0.1) is 0 Å². The molecule has 3 nitrogen and oxygen atoms in total. The van der Waals surface area contributed by atoms with E-state index in [1.54, 1.807) is 13.2 Å². The van der Waals surface area contributed by atoms with Gasteiger partial charge in [-0.15, -0.1) is 0 Å². The topological polar surface area (TPSA) is 38.4 Å². The molecule has 0 saturated heterocycles. The van der Waals surface area contributed by atoms with Crippen LogP contribution in [-0.4, -0.2) is 18.2 Å². The van der Waals surface area contributed by atoms with Crippen molar-refractivity contribution in [3.8, 4) is 0 Å². The highest BCUT2D eigenvalue weighted by molar-refractivity contribution is 6.08. The Kier molecular flexibility index (Phi) is 6.36. The van der Waals surface area contributed by atoms with Crippen LogP contribution in [0.4, 0.5) is 0 Å². The number of rotatable bonds is 6. The summed E-state index contributed by atoms with van der Waals surface area (Å²) >= 11 is 0. The molecule has 32 heavy (non-hydrogen) atoms. The standard InChI is InChI=1S/C29H30N2O/c1-19(2)17-22-9-11-23(12-10-22)24(14-16-30-5)18-21(4)27-20(3)8-13-25-26-7-6-15-31-29(26)32-28(25)27/h6-16,18-19H,17H2,1-5H3/b21-18+,24-14+,30-16+. The quantitative estimate of drug-likeness (QED) is 0.236. The molecule has 162 valence electrons. The van der Waals surface area contributed by atoms with Gasteiger partial charge in [-0.2, -0.15) is 0 Å². The van der Waals surface area contributed by atoms with E-state index >= 15 is 0 Å². The molecule has 4 aromatic rings. The van der Waals surface area contributed by atoms with Crippen molar-refractivity contribution >= 4 is 39.4 Å². The number of aromatic nitrogens is 1. The van der Waals surface area contributed by atoms with Crippen LogP contribution in [-0.2, 0) is 6.42 Å². The molecule has 2 aromatic heterocycles. The van der Waals surface area contributed by atoms with Crippen LogP contribution in [0.2, 0.25) is 0 Å². The summed E-state index contributed by atoms with van der Waals surface area (Å²) in [7, 11) is 1.79. The Hall–Kier alpha value is -3.46. The van der Waals surface area contributed by atoms with Crippen LogP contribution in [0.5, 0.6) is 0 Å². The minimum atomic E-state index is 0.645. The minimum absolute atomic E-state index is 0.645. The molecular formula is C29H30N2O.